The number of aromatic amines is 1. The molecule has 3 aromatic rings. The van der Waals surface area contributed by atoms with Crippen molar-refractivity contribution in [2.24, 2.45) is 0 Å². The number of nitrogens with one attached hydrogen (secondary N) is 2. The molecule has 2 N–H and O–H groups in total. The summed E-state index contributed by atoms with van der Waals surface area (Å²) in [5.41, 5.74) is 2.13. The van der Waals surface area contributed by atoms with E-state index in [-0.39, 0.29) is 5.56 Å². The molecule has 0 aliphatic heterocycles. The van der Waals surface area contributed by atoms with Crippen LogP contribution in [0.2, 0.25) is 0 Å². The molecule has 0 aliphatic carbocycles. The van der Waals surface area contributed by atoms with Gasteiger partial charge in [0, 0.05) is 17.4 Å². The second-order valence-corrected chi connectivity index (χ2v) is 4.41. The summed E-state index contributed by atoms with van der Waals surface area (Å²) >= 11 is 0. The third-order valence-corrected chi connectivity index (χ3v) is 3.00. The Kier molecular flexibility index (Phi) is 3.35. The summed E-state index contributed by atoms with van der Waals surface area (Å²) in [6.45, 7) is 0. The smallest absolute Gasteiger partial charge is 0.194 e. The number of aromatic nitrogens is 2. The van der Waals surface area contributed by atoms with E-state index in [1.807, 2.05) is 0 Å². The minimum absolute atomic E-state index is 0.248. The van der Waals surface area contributed by atoms with Crippen molar-refractivity contribution in [3.8, 4) is 11.1 Å². The van der Waals surface area contributed by atoms with E-state index >= 15 is 0 Å². The van der Waals surface area contributed by atoms with Gasteiger partial charge in [0.25, 0.3) is 0 Å². The van der Waals surface area contributed by atoms with E-state index in [9.17, 15) is 13.2 Å². The molecule has 0 aliphatic rings. The maximum absolute atomic E-state index is 13.4. The molecule has 1 heterocycles. The number of H-pyrrole nitrogens is 1. The second-order valence-electron chi connectivity index (χ2n) is 4.41. The topological polar surface area (TPSA) is 40.7 Å². The number of nitrogens with zero attached hydrogens (tertiary/aromatic N) is 1. The minimum atomic E-state index is -1.47. The average molecular weight is 289 g/mol. The van der Waals surface area contributed by atoms with E-state index in [0.29, 0.717) is 16.9 Å². The monoisotopic (exact) mass is 289 g/mol. The molecule has 1 aromatic heterocycles. The van der Waals surface area contributed by atoms with Crippen LogP contribution in [0, 0.1) is 17.5 Å². The first-order valence-corrected chi connectivity index (χ1v) is 6.15. The van der Waals surface area contributed by atoms with Gasteiger partial charge in [0.2, 0.25) is 0 Å². The highest BCUT2D eigenvalue weighted by atomic mass is 19.2. The van der Waals surface area contributed by atoms with Crippen molar-refractivity contribution in [1.82, 2.24) is 10.2 Å². The molecule has 3 nitrogen and oxygen atoms in total. The van der Waals surface area contributed by atoms with Gasteiger partial charge in [-0.3, -0.25) is 5.10 Å². The maximum atomic E-state index is 13.4. The average Bonchev–Trinajstić information content (AvgIpc) is 2.98. The summed E-state index contributed by atoms with van der Waals surface area (Å²) in [5, 5.41) is 9.53. The fourth-order valence-corrected chi connectivity index (χ4v) is 2.03. The number of hydrogen-bond acceptors (Lipinski definition) is 2. The van der Waals surface area contributed by atoms with Gasteiger partial charge < -0.3 is 5.32 Å². The Balaban J connectivity index is 2.06. The van der Waals surface area contributed by atoms with Crippen molar-refractivity contribution >= 4 is 11.4 Å². The van der Waals surface area contributed by atoms with Crippen LogP contribution in [-0.4, -0.2) is 10.2 Å². The first-order valence-electron chi connectivity index (χ1n) is 6.15. The standard InChI is InChI=1S/C15H10F3N3/c16-12-5-9(6-13(17)15(12)18)11-3-1-2-4-14(11)21-10-7-19-20-8-10/h1-8,21H,(H,19,20). The van der Waals surface area contributed by atoms with Gasteiger partial charge in [-0.05, 0) is 23.8 Å². The lowest BCUT2D eigenvalue weighted by atomic mass is 10.0. The Labute approximate surface area is 118 Å². The highest BCUT2D eigenvalue weighted by Crippen LogP contribution is 2.31. The first kappa shape index (κ1) is 13.2. The van der Waals surface area contributed by atoms with Crippen molar-refractivity contribution in [2.45, 2.75) is 0 Å². The lowest BCUT2D eigenvalue weighted by Gasteiger charge is -2.11. The number of benzene rings is 2. The van der Waals surface area contributed by atoms with Gasteiger partial charge in [-0.25, -0.2) is 13.2 Å². The number of hydrogen-bond donors (Lipinski definition) is 2. The lowest BCUT2D eigenvalue weighted by molar-refractivity contribution is 0.448. The summed E-state index contributed by atoms with van der Waals surface area (Å²) < 4.78 is 39.8. The summed E-state index contributed by atoms with van der Waals surface area (Å²) in [6.07, 6.45) is 3.21. The lowest BCUT2D eigenvalue weighted by Crippen LogP contribution is -1.95. The number of anilines is 2. The van der Waals surface area contributed by atoms with E-state index in [1.165, 1.54) is 0 Å². The van der Waals surface area contributed by atoms with Crippen LogP contribution in [0.25, 0.3) is 11.1 Å². The molecule has 3 rings (SSSR count). The summed E-state index contributed by atoms with van der Waals surface area (Å²) in [6, 6.07) is 8.88. The van der Waals surface area contributed by atoms with E-state index in [1.54, 1.807) is 36.7 Å². The molecule has 106 valence electrons. The van der Waals surface area contributed by atoms with Crippen LogP contribution in [0.3, 0.4) is 0 Å². The van der Waals surface area contributed by atoms with Gasteiger partial charge in [0.15, 0.2) is 17.5 Å². The second kappa shape index (κ2) is 5.32. The molecule has 0 spiro atoms. The number of para-hydroxylation sites is 1. The van der Waals surface area contributed by atoms with E-state index < -0.39 is 17.5 Å². The molecule has 6 heteroatoms. The fourth-order valence-electron chi connectivity index (χ4n) is 2.03. The van der Waals surface area contributed by atoms with Crippen molar-refractivity contribution in [1.29, 1.82) is 0 Å². The molecule has 0 saturated carbocycles. The molecule has 0 bridgehead atoms. The van der Waals surface area contributed by atoms with Gasteiger partial charge in [0.05, 0.1) is 11.9 Å². The molecule has 0 atom stereocenters. The predicted octanol–water partition coefficient (Wildman–Crippen LogP) is 4.24. The van der Waals surface area contributed by atoms with Gasteiger partial charge in [-0.15, -0.1) is 0 Å². The van der Waals surface area contributed by atoms with Gasteiger partial charge >= 0.3 is 0 Å². The highest BCUT2D eigenvalue weighted by Gasteiger charge is 2.13. The van der Waals surface area contributed by atoms with Crippen molar-refractivity contribution in [2.75, 3.05) is 5.32 Å². The summed E-state index contributed by atoms with van der Waals surface area (Å²) in [7, 11) is 0. The Morgan fingerprint density at radius 2 is 1.71 bits per heavy atom. The van der Waals surface area contributed by atoms with Crippen LogP contribution in [0.1, 0.15) is 0 Å². The van der Waals surface area contributed by atoms with Crippen LogP contribution in [0.5, 0.6) is 0 Å². The van der Waals surface area contributed by atoms with Crippen LogP contribution >= 0.6 is 0 Å². The Morgan fingerprint density at radius 3 is 2.38 bits per heavy atom. The van der Waals surface area contributed by atoms with Crippen LogP contribution < -0.4 is 5.32 Å². The third-order valence-electron chi connectivity index (χ3n) is 3.00. The zero-order chi connectivity index (χ0) is 14.8. The summed E-state index contributed by atoms with van der Waals surface area (Å²) in [4.78, 5) is 0. The first-order chi connectivity index (χ1) is 10.1. The van der Waals surface area contributed by atoms with E-state index in [0.717, 1.165) is 12.1 Å². The Morgan fingerprint density at radius 1 is 1.00 bits per heavy atom. The maximum Gasteiger partial charge on any atom is 0.194 e. The van der Waals surface area contributed by atoms with E-state index in [4.69, 9.17) is 0 Å². The van der Waals surface area contributed by atoms with E-state index in [2.05, 4.69) is 15.5 Å². The zero-order valence-electron chi connectivity index (χ0n) is 10.7. The van der Waals surface area contributed by atoms with Crippen molar-refractivity contribution < 1.29 is 13.2 Å². The Bertz CT molecular complexity index is 747. The van der Waals surface area contributed by atoms with Crippen molar-refractivity contribution in [3.63, 3.8) is 0 Å². The normalized spacial score (nSPS) is 10.6. The molecular formula is C15H10F3N3. The van der Waals surface area contributed by atoms with Crippen LogP contribution in [0.15, 0.2) is 48.8 Å². The molecule has 0 unspecified atom stereocenters. The van der Waals surface area contributed by atoms with Crippen molar-refractivity contribution in [3.05, 3.63) is 66.2 Å². The highest BCUT2D eigenvalue weighted by molar-refractivity contribution is 5.80. The molecule has 0 saturated heterocycles. The number of rotatable bonds is 3. The van der Waals surface area contributed by atoms with Gasteiger partial charge in [0.1, 0.15) is 0 Å². The molecule has 0 fully saturated rings. The number of halogens is 3. The molecule has 21 heavy (non-hydrogen) atoms. The SMILES string of the molecule is Fc1cc(-c2ccccc2Nc2cn[nH]c2)cc(F)c1F. The predicted molar refractivity (Wildman–Crippen MR) is 73.6 cm³/mol. The van der Waals surface area contributed by atoms with Gasteiger partial charge in [-0.2, -0.15) is 5.10 Å². The minimum Gasteiger partial charge on any atom is -0.352 e. The van der Waals surface area contributed by atoms with Crippen LogP contribution in [0.4, 0.5) is 24.5 Å². The zero-order valence-corrected chi connectivity index (χ0v) is 10.7. The quantitative estimate of drug-likeness (QED) is 0.708. The van der Waals surface area contributed by atoms with Crippen LogP contribution in [-0.2, 0) is 0 Å². The molecule has 2 aromatic carbocycles. The fraction of sp³-hybridized carbons (Fsp3) is 0. The molecule has 0 radical (unpaired) electrons. The molecule has 0 amide bonds. The molecular weight excluding hydrogens is 279 g/mol. The Hall–Kier alpha value is -2.76. The third kappa shape index (κ3) is 2.60. The van der Waals surface area contributed by atoms with Gasteiger partial charge in [-0.1, -0.05) is 18.2 Å². The summed E-state index contributed by atoms with van der Waals surface area (Å²) in [5.74, 6) is -3.91. The largest absolute Gasteiger partial charge is 0.352 e.